The number of methoxy groups -OCH3 is 1. The summed E-state index contributed by atoms with van der Waals surface area (Å²) in [6, 6.07) is 6.86. The molecule has 0 spiro atoms. The molecule has 1 unspecified atom stereocenters. The van der Waals surface area contributed by atoms with Crippen LogP contribution in [0.15, 0.2) is 24.3 Å². The lowest BCUT2D eigenvalue weighted by atomic mass is 10.0. The van der Waals surface area contributed by atoms with Gasteiger partial charge in [0.1, 0.15) is 0 Å². The molecule has 0 saturated heterocycles. The van der Waals surface area contributed by atoms with Gasteiger partial charge in [-0.1, -0.05) is 24.3 Å². The summed E-state index contributed by atoms with van der Waals surface area (Å²) in [5.41, 5.74) is 7.19. The lowest BCUT2D eigenvalue weighted by molar-refractivity contribution is 0.0968. The van der Waals surface area contributed by atoms with Crippen LogP contribution in [-0.2, 0) is 11.3 Å². The minimum absolute atomic E-state index is 0.0334. The van der Waals surface area contributed by atoms with Gasteiger partial charge in [-0.25, -0.2) is 0 Å². The second-order valence-electron chi connectivity index (χ2n) is 3.28. The molecule has 2 N–H and O–H groups in total. The first kappa shape index (κ1) is 10.9. The van der Waals surface area contributed by atoms with Crippen LogP contribution in [0.25, 0.3) is 0 Å². The number of ether oxygens (including phenoxy) is 1. The van der Waals surface area contributed by atoms with E-state index in [0.29, 0.717) is 12.2 Å². The van der Waals surface area contributed by atoms with Crippen LogP contribution in [0.3, 0.4) is 0 Å². The van der Waals surface area contributed by atoms with Crippen LogP contribution < -0.4 is 5.73 Å². The Kier molecular flexibility index (Phi) is 3.80. The molecule has 0 bridgehead atoms. The quantitative estimate of drug-likeness (QED) is 0.734. The largest absolute Gasteiger partial charge is 0.380 e. The van der Waals surface area contributed by atoms with Crippen LogP contribution in [-0.4, -0.2) is 18.9 Å². The van der Waals surface area contributed by atoms with Crippen molar-refractivity contribution in [3.05, 3.63) is 35.4 Å². The van der Waals surface area contributed by atoms with Crippen molar-refractivity contribution in [1.29, 1.82) is 0 Å². The van der Waals surface area contributed by atoms with Gasteiger partial charge in [-0.05, 0) is 12.5 Å². The molecule has 0 saturated carbocycles. The van der Waals surface area contributed by atoms with Crippen molar-refractivity contribution in [3.63, 3.8) is 0 Å². The Labute approximate surface area is 83.9 Å². The molecule has 0 aliphatic rings. The fourth-order valence-electron chi connectivity index (χ4n) is 1.19. The first-order chi connectivity index (χ1) is 6.65. The van der Waals surface area contributed by atoms with Gasteiger partial charge in [-0.2, -0.15) is 0 Å². The van der Waals surface area contributed by atoms with Crippen molar-refractivity contribution in [2.45, 2.75) is 19.6 Å². The number of nitrogens with two attached hydrogens (primary N) is 1. The third-order valence-electron chi connectivity index (χ3n) is 1.96. The Bertz CT molecular complexity index is 304. The lowest BCUT2D eigenvalue weighted by Gasteiger charge is -2.05. The van der Waals surface area contributed by atoms with E-state index >= 15 is 0 Å². The Hall–Kier alpha value is -1.19. The van der Waals surface area contributed by atoms with Crippen LogP contribution in [0, 0.1) is 0 Å². The maximum atomic E-state index is 11.5. The van der Waals surface area contributed by atoms with Crippen LogP contribution in [0.1, 0.15) is 22.8 Å². The van der Waals surface area contributed by atoms with Gasteiger partial charge in [0.05, 0.1) is 12.6 Å². The van der Waals surface area contributed by atoms with E-state index < -0.39 is 6.04 Å². The van der Waals surface area contributed by atoms with E-state index in [9.17, 15) is 4.79 Å². The number of hydrogen-bond acceptors (Lipinski definition) is 3. The molecule has 76 valence electrons. The summed E-state index contributed by atoms with van der Waals surface area (Å²) in [4.78, 5) is 11.5. The molecule has 0 aliphatic heterocycles. The smallest absolute Gasteiger partial charge is 0.179 e. The summed E-state index contributed by atoms with van der Waals surface area (Å²) in [5.74, 6) is -0.0334. The van der Waals surface area contributed by atoms with Crippen LogP contribution >= 0.6 is 0 Å². The molecule has 0 aliphatic carbocycles. The fourth-order valence-corrected chi connectivity index (χ4v) is 1.19. The molecule has 3 nitrogen and oxygen atoms in total. The van der Waals surface area contributed by atoms with Gasteiger partial charge in [0.25, 0.3) is 0 Å². The fraction of sp³-hybridized carbons (Fsp3) is 0.364. The van der Waals surface area contributed by atoms with E-state index in [1.165, 1.54) is 0 Å². The topological polar surface area (TPSA) is 52.3 Å². The predicted octanol–water partition coefficient (Wildman–Crippen LogP) is 1.36. The molecule has 0 amide bonds. The molecule has 0 fully saturated rings. The summed E-state index contributed by atoms with van der Waals surface area (Å²) < 4.78 is 4.97. The van der Waals surface area contributed by atoms with Crippen molar-refractivity contribution >= 4 is 5.78 Å². The average molecular weight is 193 g/mol. The van der Waals surface area contributed by atoms with Gasteiger partial charge in [0.2, 0.25) is 0 Å². The first-order valence-electron chi connectivity index (χ1n) is 4.53. The summed E-state index contributed by atoms with van der Waals surface area (Å²) in [6.45, 7) is 2.25. The Balaban J connectivity index is 2.78. The SMILES string of the molecule is COCc1ccc(C(=O)C(C)N)cc1. The van der Waals surface area contributed by atoms with Gasteiger partial charge in [0, 0.05) is 12.7 Å². The summed E-state index contributed by atoms with van der Waals surface area (Å²) >= 11 is 0. The number of Topliss-reactive ketones (excluding diaryl/α,β-unsaturated/α-hetero) is 1. The van der Waals surface area contributed by atoms with Gasteiger partial charge >= 0.3 is 0 Å². The molecule has 0 radical (unpaired) electrons. The average Bonchev–Trinajstić information content (AvgIpc) is 2.18. The number of carbonyl (C=O) groups is 1. The summed E-state index contributed by atoms with van der Waals surface area (Å²) in [6.07, 6.45) is 0. The minimum Gasteiger partial charge on any atom is -0.380 e. The van der Waals surface area contributed by atoms with Gasteiger partial charge < -0.3 is 10.5 Å². The highest BCUT2D eigenvalue weighted by atomic mass is 16.5. The zero-order valence-electron chi connectivity index (χ0n) is 8.49. The van der Waals surface area contributed by atoms with E-state index in [-0.39, 0.29) is 5.78 Å². The van der Waals surface area contributed by atoms with E-state index in [4.69, 9.17) is 10.5 Å². The lowest BCUT2D eigenvalue weighted by Crippen LogP contribution is -2.26. The van der Waals surface area contributed by atoms with Crippen molar-refractivity contribution in [2.75, 3.05) is 7.11 Å². The molecule has 1 aromatic carbocycles. The van der Waals surface area contributed by atoms with Crippen molar-refractivity contribution in [3.8, 4) is 0 Å². The molecule has 0 aromatic heterocycles. The van der Waals surface area contributed by atoms with Crippen molar-refractivity contribution in [2.24, 2.45) is 5.73 Å². The normalized spacial score (nSPS) is 12.5. The highest BCUT2D eigenvalue weighted by Gasteiger charge is 2.09. The van der Waals surface area contributed by atoms with Crippen molar-refractivity contribution < 1.29 is 9.53 Å². The van der Waals surface area contributed by atoms with E-state index in [2.05, 4.69) is 0 Å². The molecule has 0 heterocycles. The monoisotopic (exact) mass is 193 g/mol. The van der Waals surface area contributed by atoms with E-state index in [1.54, 1.807) is 26.2 Å². The maximum absolute atomic E-state index is 11.5. The highest BCUT2D eigenvalue weighted by Crippen LogP contribution is 2.07. The molecule has 1 aromatic rings. The number of benzene rings is 1. The minimum atomic E-state index is -0.441. The Morgan fingerprint density at radius 1 is 1.43 bits per heavy atom. The number of carbonyl (C=O) groups excluding carboxylic acids is 1. The number of ketones is 1. The zero-order valence-corrected chi connectivity index (χ0v) is 8.49. The second-order valence-corrected chi connectivity index (χ2v) is 3.28. The number of rotatable bonds is 4. The molecular weight excluding hydrogens is 178 g/mol. The zero-order chi connectivity index (χ0) is 10.6. The molecule has 14 heavy (non-hydrogen) atoms. The Morgan fingerprint density at radius 2 is 2.00 bits per heavy atom. The van der Waals surface area contributed by atoms with Crippen LogP contribution in [0.5, 0.6) is 0 Å². The summed E-state index contributed by atoms with van der Waals surface area (Å²) in [5, 5.41) is 0. The third kappa shape index (κ3) is 2.65. The molecule has 1 rings (SSSR count). The first-order valence-corrected chi connectivity index (χ1v) is 4.53. The molecule has 1 atom stereocenters. The second kappa shape index (κ2) is 4.88. The molecular formula is C11H15NO2. The standard InChI is InChI=1S/C11H15NO2/c1-8(12)11(13)10-5-3-9(4-6-10)7-14-2/h3-6,8H,7,12H2,1-2H3. The maximum Gasteiger partial charge on any atom is 0.179 e. The van der Waals surface area contributed by atoms with Crippen LogP contribution in [0.2, 0.25) is 0 Å². The van der Waals surface area contributed by atoms with Crippen molar-refractivity contribution in [1.82, 2.24) is 0 Å². The number of hydrogen-bond donors (Lipinski definition) is 1. The van der Waals surface area contributed by atoms with Gasteiger partial charge in [-0.3, -0.25) is 4.79 Å². The van der Waals surface area contributed by atoms with Gasteiger partial charge in [-0.15, -0.1) is 0 Å². The van der Waals surface area contributed by atoms with E-state index in [0.717, 1.165) is 5.56 Å². The third-order valence-corrected chi connectivity index (χ3v) is 1.96. The summed E-state index contributed by atoms with van der Waals surface area (Å²) in [7, 11) is 1.64. The highest BCUT2D eigenvalue weighted by molar-refractivity contribution is 5.99. The van der Waals surface area contributed by atoms with Crippen LogP contribution in [0.4, 0.5) is 0 Å². The molecule has 3 heteroatoms. The van der Waals surface area contributed by atoms with E-state index in [1.807, 2.05) is 12.1 Å². The van der Waals surface area contributed by atoms with Gasteiger partial charge in [0.15, 0.2) is 5.78 Å². The Morgan fingerprint density at radius 3 is 2.43 bits per heavy atom. The predicted molar refractivity (Wildman–Crippen MR) is 55.1 cm³/mol.